The minimum atomic E-state index is -4.18. The zero-order valence-electron chi connectivity index (χ0n) is 21.7. The van der Waals surface area contributed by atoms with Crippen LogP contribution in [0, 0.1) is 13.8 Å². The van der Waals surface area contributed by atoms with Crippen LogP contribution in [0.2, 0.25) is 5.02 Å². The lowest BCUT2D eigenvalue weighted by Gasteiger charge is -2.28. The quantitative estimate of drug-likeness (QED) is 0.255. The summed E-state index contributed by atoms with van der Waals surface area (Å²) in [6.45, 7) is 3.06. The van der Waals surface area contributed by atoms with Gasteiger partial charge in [-0.1, -0.05) is 41.4 Å². The van der Waals surface area contributed by atoms with Crippen LogP contribution in [0.3, 0.4) is 0 Å². The first-order valence-electron chi connectivity index (χ1n) is 12.0. The van der Waals surface area contributed by atoms with Crippen LogP contribution in [-0.2, 0) is 28.2 Å². The Kier molecular flexibility index (Phi) is 8.59. The summed E-state index contributed by atoms with van der Waals surface area (Å²) < 4.78 is 40.3. The number of ether oxygens (including phenoxy) is 1. The van der Waals surface area contributed by atoms with Gasteiger partial charge in [0.1, 0.15) is 30.4 Å². The van der Waals surface area contributed by atoms with Crippen molar-refractivity contribution in [2.24, 2.45) is 0 Å². The number of rotatable bonds is 11. The summed E-state index contributed by atoms with van der Waals surface area (Å²) in [4.78, 5) is 16.1. The smallest absolute Gasteiger partial charge is 0.318 e. The first-order chi connectivity index (χ1) is 18.5. The summed E-state index contributed by atoms with van der Waals surface area (Å²) in [5.74, 6) is 0.330. The summed E-state index contributed by atoms with van der Waals surface area (Å²) in [5, 5.41) is 9.87. The van der Waals surface area contributed by atoms with Crippen molar-refractivity contribution in [2.75, 3.05) is 17.9 Å². The second kappa shape index (κ2) is 11.9. The molecule has 0 fully saturated rings. The number of nitrogens with zero attached hydrogens (tertiary/aromatic N) is 3. The van der Waals surface area contributed by atoms with Gasteiger partial charge in [-0.05, 0) is 67.9 Å². The highest BCUT2D eigenvalue weighted by Crippen LogP contribution is 2.25. The fourth-order valence-corrected chi connectivity index (χ4v) is 5.24. The maximum Gasteiger partial charge on any atom is 0.318 e. The number of anilines is 1. The van der Waals surface area contributed by atoms with Gasteiger partial charge in [0.25, 0.3) is 0 Å². The van der Waals surface area contributed by atoms with Gasteiger partial charge in [0.05, 0.1) is 5.69 Å². The lowest BCUT2D eigenvalue weighted by molar-refractivity contribution is -0.137. The molecule has 0 saturated carbocycles. The SMILES string of the molecule is Cc1ccc(-c2nc(COc3cccc(CN(CC(=O)O)S(=O)(=O)N(C)c4ccc(Cl)cc4)c3)c(C)o2)cc1. The normalized spacial score (nSPS) is 11.5. The molecule has 4 rings (SSSR count). The Bertz CT molecular complexity index is 1550. The van der Waals surface area contributed by atoms with Crippen molar-refractivity contribution >= 4 is 33.5 Å². The van der Waals surface area contributed by atoms with Gasteiger partial charge in [0.15, 0.2) is 0 Å². The number of benzene rings is 3. The van der Waals surface area contributed by atoms with Gasteiger partial charge < -0.3 is 14.3 Å². The zero-order valence-corrected chi connectivity index (χ0v) is 23.2. The first kappa shape index (κ1) is 28.2. The number of hydrogen-bond donors (Lipinski definition) is 1. The van der Waals surface area contributed by atoms with Crippen LogP contribution in [0.1, 0.15) is 22.6 Å². The predicted octanol–water partition coefficient (Wildman–Crippen LogP) is 5.46. The monoisotopic (exact) mass is 569 g/mol. The molecule has 3 aromatic carbocycles. The standard InChI is InChI=1S/C28H28ClN3O6S/c1-19-7-9-22(10-8-19)28-30-26(20(2)38-28)18-37-25-6-4-5-21(15-25)16-32(17-27(33)34)39(35,36)31(3)24-13-11-23(29)12-14-24/h4-15H,16-18H2,1-3H3,(H,33,34). The van der Waals surface area contributed by atoms with Crippen LogP contribution in [0.25, 0.3) is 11.5 Å². The molecule has 0 amide bonds. The van der Waals surface area contributed by atoms with E-state index in [0.29, 0.717) is 39.4 Å². The van der Waals surface area contributed by atoms with Crippen molar-refractivity contribution in [3.05, 3.63) is 100 Å². The number of carbonyl (C=O) groups is 1. The maximum absolute atomic E-state index is 13.3. The number of aromatic nitrogens is 1. The van der Waals surface area contributed by atoms with E-state index in [9.17, 15) is 18.3 Å². The minimum absolute atomic E-state index is 0.140. The first-order valence-corrected chi connectivity index (χ1v) is 13.8. The Morgan fingerprint density at radius 1 is 1.05 bits per heavy atom. The number of hydrogen-bond acceptors (Lipinski definition) is 6. The van der Waals surface area contributed by atoms with Crippen LogP contribution in [-0.4, -0.2) is 42.4 Å². The van der Waals surface area contributed by atoms with Gasteiger partial charge in [-0.3, -0.25) is 9.10 Å². The number of carboxylic acids is 1. The van der Waals surface area contributed by atoms with Crippen molar-refractivity contribution in [3.8, 4) is 17.2 Å². The second-order valence-electron chi connectivity index (χ2n) is 8.94. The summed E-state index contributed by atoms with van der Waals surface area (Å²) in [5.41, 5.74) is 3.53. The van der Waals surface area contributed by atoms with E-state index in [1.165, 1.54) is 7.05 Å². The molecular formula is C28H28ClN3O6S. The molecule has 0 atom stereocenters. The number of oxazole rings is 1. The molecule has 4 aromatic rings. The van der Waals surface area contributed by atoms with Crippen molar-refractivity contribution in [2.45, 2.75) is 27.0 Å². The number of aryl methyl sites for hydroxylation is 2. The molecule has 0 aliphatic rings. The number of carboxylic acid groups (broad SMARTS) is 1. The van der Waals surface area contributed by atoms with Gasteiger partial charge >= 0.3 is 16.2 Å². The lowest BCUT2D eigenvalue weighted by atomic mass is 10.1. The highest BCUT2D eigenvalue weighted by molar-refractivity contribution is 7.90. The van der Waals surface area contributed by atoms with Gasteiger partial charge in [-0.15, -0.1) is 0 Å². The van der Waals surface area contributed by atoms with E-state index in [2.05, 4.69) is 4.98 Å². The average Bonchev–Trinajstić information content (AvgIpc) is 3.27. The molecule has 1 N–H and O–H groups in total. The average molecular weight is 570 g/mol. The molecule has 0 spiro atoms. The van der Waals surface area contributed by atoms with E-state index in [4.69, 9.17) is 20.8 Å². The molecular weight excluding hydrogens is 542 g/mol. The number of halogens is 1. The molecule has 0 aliphatic heterocycles. The summed E-state index contributed by atoms with van der Waals surface area (Å²) in [7, 11) is -2.82. The second-order valence-corrected chi connectivity index (χ2v) is 11.3. The zero-order chi connectivity index (χ0) is 28.2. The van der Waals surface area contributed by atoms with E-state index in [1.54, 1.807) is 48.5 Å². The molecule has 9 nitrogen and oxygen atoms in total. The fourth-order valence-electron chi connectivity index (χ4n) is 3.80. The third-order valence-electron chi connectivity index (χ3n) is 6.00. The Hall–Kier alpha value is -3.86. The van der Waals surface area contributed by atoms with E-state index >= 15 is 0 Å². The van der Waals surface area contributed by atoms with E-state index < -0.39 is 22.7 Å². The van der Waals surface area contributed by atoms with Crippen LogP contribution in [0.15, 0.2) is 77.2 Å². The van der Waals surface area contributed by atoms with Crippen LogP contribution >= 0.6 is 11.6 Å². The third kappa shape index (κ3) is 6.97. The lowest BCUT2D eigenvalue weighted by Crippen LogP contribution is -2.44. The van der Waals surface area contributed by atoms with Gasteiger partial charge in [-0.2, -0.15) is 12.7 Å². The fraction of sp³-hybridized carbons (Fsp3) is 0.214. The third-order valence-corrected chi connectivity index (χ3v) is 8.06. The molecule has 39 heavy (non-hydrogen) atoms. The number of aliphatic carboxylic acids is 1. The molecule has 11 heteroatoms. The molecule has 0 aliphatic carbocycles. The highest BCUT2D eigenvalue weighted by Gasteiger charge is 2.29. The molecule has 1 aromatic heterocycles. The van der Waals surface area contributed by atoms with Crippen LogP contribution in [0.5, 0.6) is 5.75 Å². The topological polar surface area (TPSA) is 113 Å². The Labute approximate surface area is 232 Å². The summed E-state index contributed by atoms with van der Waals surface area (Å²) in [6, 6.07) is 20.9. The van der Waals surface area contributed by atoms with Gasteiger partial charge in [0.2, 0.25) is 5.89 Å². The van der Waals surface area contributed by atoms with Crippen molar-refractivity contribution in [1.29, 1.82) is 0 Å². The summed E-state index contributed by atoms with van der Waals surface area (Å²) >= 11 is 5.91. The van der Waals surface area contributed by atoms with Crippen LogP contribution < -0.4 is 9.04 Å². The molecule has 0 unspecified atom stereocenters. The Morgan fingerprint density at radius 2 is 1.74 bits per heavy atom. The van der Waals surface area contributed by atoms with Crippen LogP contribution in [0.4, 0.5) is 5.69 Å². The van der Waals surface area contributed by atoms with Crippen molar-refractivity contribution < 1.29 is 27.5 Å². The predicted molar refractivity (Wildman–Crippen MR) is 149 cm³/mol. The highest BCUT2D eigenvalue weighted by atomic mass is 35.5. The van der Waals surface area contributed by atoms with E-state index in [0.717, 1.165) is 19.7 Å². The molecule has 204 valence electrons. The van der Waals surface area contributed by atoms with Gasteiger partial charge in [-0.25, -0.2) is 4.98 Å². The van der Waals surface area contributed by atoms with Crippen molar-refractivity contribution in [1.82, 2.24) is 9.29 Å². The summed E-state index contributed by atoms with van der Waals surface area (Å²) in [6.07, 6.45) is 0. The largest absolute Gasteiger partial charge is 0.487 e. The Morgan fingerprint density at radius 3 is 2.41 bits per heavy atom. The Balaban J connectivity index is 1.49. The minimum Gasteiger partial charge on any atom is -0.487 e. The molecule has 1 heterocycles. The van der Waals surface area contributed by atoms with Crippen molar-refractivity contribution in [3.63, 3.8) is 0 Å². The maximum atomic E-state index is 13.3. The molecule has 0 bridgehead atoms. The van der Waals surface area contributed by atoms with E-state index in [-0.39, 0.29) is 13.2 Å². The molecule has 0 radical (unpaired) electrons. The van der Waals surface area contributed by atoms with E-state index in [1.807, 2.05) is 38.1 Å². The molecule has 0 saturated heterocycles. The van der Waals surface area contributed by atoms with Gasteiger partial charge in [0, 0.05) is 24.2 Å².